The molecule has 2 aromatic heterocycles. The van der Waals surface area contributed by atoms with Gasteiger partial charge >= 0.3 is 17.9 Å². The van der Waals surface area contributed by atoms with Crippen LogP contribution in [0.4, 0.5) is 0 Å². The first kappa shape index (κ1) is 30.1. The molecule has 0 aliphatic heterocycles. The van der Waals surface area contributed by atoms with Gasteiger partial charge in [-0.2, -0.15) is 0 Å². The zero-order chi connectivity index (χ0) is 28.1. The minimum Gasteiger partial charge on any atom is -0.480 e. The normalized spacial score (nSPS) is 11.4. The summed E-state index contributed by atoms with van der Waals surface area (Å²) in [6.07, 6.45) is 0.530. The maximum atomic E-state index is 11.7. The van der Waals surface area contributed by atoms with Crippen LogP contribution in [0.2, 0.25) is 0 Å². The fourth-order valence-corrected chi connectivity index (χ4v) is 3.77. The Bertz CT molecular complexity index is 1220. The Kier molecular flexibility index (Phi) is 12.0. The van der Waals surface area contributed by atoms with E-state index in [2.05, 4.69) is 15.3 Å². The Morgan fingerprint density at radius 1 is 0.842 bits per heavy atom. The number of hydrogen-bond donors (Lipinski definition) is 4. The average Bonchev–Trinajstić information content (AvgIpc) is 2.90. The molecule has 0 fully saturated rings. The summed E-state index contributed by atoms with van der Waals surface area (Å²) in [4.78, 5) is 44.3. The van der Waals surface area contributed by atoms with Crippen molar-refractivity contribution in [3.63, 3.8) is 0 Å². The first-order valence-corrected chi connectivity index (χ1v) is 12.3. The summed E-state index contributed by atoms with van der Waals surface area (Å²) in [5.41, 5.74) is 2.95. The van der Waals surface area contributed by atoms with Gasteiger partial charge in [0.1, 0.15) is 11.4 Å². The molecule has 1 unspecified atom stereocenters. The highest BCUT2D eigenvalue weighted by Gasteiger charge is 2.23. The van der Waals surface area contributed by atoms with E-state index in [1.54, 1.807) is 29.2 Å². The molecule has 3 rings (SSSR count). The molecule has 1 atom stereocenters. The van der Waals surface area contributed by atoms with Crippen molar-refractivity contribution in [2.45, 2.75) is 46.3 Å². The quantitative estimate of drug-likeness (QED) is 0.262. The second-order valence-electron chi connectivity index (χ2n) is 8.41. The monoisotopic (exact) mass is 522 g/mol. The SMILES string of the molecule is CC.Cc1ccc(CC(CNCc2cccc(C(=O)O)n2)N(CC(=O)O)Cc2cccc(C(=O)O)n2)cc1. The molecule has 0 bridgehead atoms. The van der Waals surface area contributed by atoms with E-state index in [0.29, 0.717) is 30.9 Å². The minimum atomic E-state index is -1.16. The number of hydrogen-bond acceptors (Lipinski definition) is 7. The summed E-state index contributed by atoms with van der Waals surface area (Å²) in [5, 5.41) is 31.3. The number of aryl methyl sites for hydroxylation is 1. The molecule has 0 spiro atoms. The number of carbonyl (C=O) groups is 3. The van der Waals surface area contributed by atoms with Crippen LogP contribution < -0.4 is 5.32 Å². The fourth-order valence-electron chi connectivity index (χ4n) is 3.77. The van der Waals surface area contributed by atoms with Crippen LogP contribution in [0.1, 0.15) is 57.3 Å². The smallest absolute Gasteiger partial charge is 0.354 e. The standard InChI is InChI=1S/C26H28N4O6.C2H6/c1-17-8-10-18(11-9-17)12-21(14-27-13-19-4-2-6-22(28-19)25(33)34)30(16-24(31)32)15-20-5-3-7-23(29-20)26(35)36;1-2/h2-11,21,27H,12-16H2,1H3,(H,31,32)(H,33,34)(H,35,36);1-2H3. The van der Waals surface area contributed by atoms with Gasteiger partial charge in [0.05, 0.1) is 17.9 Å². The van der Waals surface area contributed by atoms with Crippen LogP contribution in [0.3, 0.4) is 0 Å². The average molecular weight is 523 g/mol. The molecule has 3 aromatic rings. The van der Waals surface area contributed by atoms with Crippen molar-refractivity contribution in [1.82, 2.24) is 20.2 Å². The van der Waals surface area contributed by atoms with Gasteiger partial charge in [-0.25, -0.2) is 19.6 Å². The van der Waals surface area contributed by atoms with Gasteiger partial charge in [-0.1, -0.05) is 55.8 Å². The molecule has 0 radical (unpaired) electrons. The topological polar surface area (TPSA) is 153 Å². The predicted octanol–water partition coefficient (Wildman–Crippen LogP) is 3.50. The van der Waals surface area contributed by atoms with Crippen LogP contribution in [0.5, 0.6) is 0 Å². The zero-order valence-electron chi connectivity index (χ0n) is 21.8. The number of aliphatic carboxylic acids is 1. The van der Waals surface area contributed by atoms with Crippen LogP contribution in [-0.2, 0) is 24.3 Å². The molecule has 2 heterocycles. The largest absolute Gasteiger partial charge is 0.480 e. The van der Waals surface area contributed by atoms with E-state index in [0.717, 1.165) is 11.1 Å². The predicted molar refractivity (Wildman–Crippen MR) is 142 cm³/mol. The Hall–Kier alpha value is -4.15. The Morgan fingerprint density at radius 2 is 1.39 bits per heavy atom. The zero-order valence-corrected chi connectivity index (χ0v) is 21.8. The van der Waals surface area contributed by atoms with Crippen molar-refractivity contribution in [1.29, 1.82) is 0 Å². The third-order valence-electron chi connectivity index (χ3n) is 5.55. The maximum Gasteiger partial charge on any atom is 0.354 e. The van der Waals surface area contributed by atoms with Gasteiger partial charge in [-0.15, -0.1) is 0 Å². The summed E-state index contributed by atoms with van der Waals surface area (Å²) >= 11 is 0. The number of carboxylic acid groups (broad SMARTS) is 3. The molecule has 4 N–H and O–H groups in total. The summed E-state index contributed by atoms with van der Waals surface area (Å²) in [6, 6.07) is 17.0. The van der Waals surface area contributed by atoms with Crippen LogP contribution in [0.15, 0.2) is 60.7 Å². The fraction of sp³-hybridized carbons (Fsp3) is 0.321. The second-order valence-corrected chi connectivity index (χ2v) is 8.41. The van der Waals surface area contributed by atoms with Crippen LogP contribution in [-0.4, -0.2) is 67.2 Å². The van der Waals surface area contributed by atoms with Gasteiger partial charge in [0, 0.05) is 25.7 Å². The van der Waals surface area contributed by atoms with Crippen molar-refractivity contribution >= 4 is 17.9 Å². The number of rotatable bonds is 13. The van der Waals surface area contributed by atoms with Crippen molar-refractivity contribution in [2.75, 3.05) is 13.1 Å². The van der Waals surface area contributed by atoms with E-state index in [-0.39, 0.29) is 30.5 Å². The van der Waals surface area contributed by atoms with Gasteiger partial charge in [0.25, 0.3) is 0 Å². The molecule has 202 valence electrons. The van der Waals surface area contributed by atoms with Crippen LogP contribution in [0.25, 0.3) is 0 Å². The van der Waals surface area contributed by atoms with Gasteiger partial charge in [-0.05, 0) is 43.2 Å². The highest BCUT2D eigenvalue weighted by Crippen LogP contribution is 2.14. The van der Waals surface area contributed by atoms with E-state index in [1.165, 1.54) is 12.1 Å². The number of aromatic carboxylic acids is 2. The van der Waals surface area contributed by atoms with Crippen molar-refractivity contribution < 1.29 is 29.7 Å². The Labute approximate surface area is 222 Å². The molecule has 10 heteroatoms. The van der Waals surface area contributed by atoms with Crippen molar-refractivity contribution in [3.05, 3.63) is 94.6 Å². The molecule has 0 saturated carbocycles. The van der Waals surface area contributed by atoms with Crippen LogP contribution >= 0.6 is 0 Å². The van der Waals surface area contributed by atoms with E-state index in [4.69, 9.17) is 5.11 Å². The van der Waals surface area contributed by atoms with E-state index in [9.17, 15) is 24.6 Å². The third kappa shape index (κ3) is 9.72. The van der Waals surface area contributed by atoms with Crippen molar-refractivity contribution in [3.8, 4) is 0 Å². The lowest BCUT2D eigenvalue weighted by atomic mass is 10.0. The van der Waals surface area contributed by atoms with E-state index in [1.807, 2.05) is 45.0 Å². The number of pyridine rings is 2. The lowest BCUT2D eigenvalue weighted by molar-refractivity contribution is -0.139. The Morgan fingerprint density at radius 3 is 1.95 bits per heavy atom. The Balaban J connectivity index is 0.00000247. The number of aromatic nitrogens is 2. The first-order valence-electron chi connectivity index (χ1n) is 12.3. The molecule has 0 aliphatic rings. The number of benzene rings is 1. The first-order chi connectivity index (χ1) is 18.2. The number of carboxylic acids is 3. The molecular weight excluding hydrogens is 488 g/mol. The molecule has 10 nitrogen and oxygen atoms in total. The van der Waals surface area contributed by atoms with E-state index < -0.39 is 17.9 Å². The highest BCUT2D eigenvalue weighted by atomic mass is 16.4. The lowest BCUT2D eigenvalue weighted by Gasteiger charge is -2.31. The minimum absolute atomic E-state index is 0.0533. The molecular formula is C28H34N4O6. The molecule has 0 saturated heterocycles. The van der Waals surface area contributed by atoms with Gasteiger partial charge < -0.3 is 20.6 Å². The van der Waals surface area contributed by atoms with E-state index >= 15 is 0 Å². The number of nitrogens with zero attached hydrogens (tertiary/aromatic N) is 3. The summed E-state index contributed by atoms with van der Waals surface area (Å²) in [6.45, 7) is 6.51. The molecule has 1 aromatic carbocycles. The summed E-state index contributed by atoms with van der Waals surface area (Å²) in [7, 11) is 0. The number of nitrogens with one attached hydrogen (secondary N) is 1. The van der Waals surface area contributed by atoms with Gasteiger partial charge in [0.15, 0.2) is 0 Å². The molecule has 0 aliphatic carbocycles. The summed E-state index contributed by atoms with van der Waals surface area (Å²) in [5.74, 6) is -3.29. The second kappa shape index (κ2) is 15.2. The molecule has 38 heavy (non-hydrogen) atoms. The lowest BCUT2D eigenvalue weighted by Crippen LogP contribution is -2.45. The summed E-state index contributed by atoms with van der Waals surface area (Å²) < 4.78 is 0. The highest BCUT2D eigenvalue weighted by molar-refractivity contribution is 5.85. The molecule has 0 amide bonds. The van der Waals surface area contributed by atoms with Gasteiger partial charge in [-0.3, -0.25) is 9.69 Å². The maximum absolute atomic E-state index is 11.7. The van der Waals surface area contributed by atoms with Gasteiger partial charge in [0.2, 0.25) is 0 Å². The third-order valence-corrected chi connectivity index (χ3v) is 5.55. The van der Waals surface area contributed by atoms with Crippen LogP contribution in [0, 0.1) is 6.92 Å². The van der Waals surface area contributed by atoms with Crippen molar-refractivity contribution in [2.24, 2.45) is 0 Å².